The smallest absolute Gasteiger partial charge is 0.159 e. The van der Waals surface area contributed by atoms with Crippen LogP contribution in [-0.2, 0) is 9.47 Å². The molecule has 92 valence electrons. The van der Waals surface area contributed by atoms with Crippen LogP contribution in [0.4, 0.5) is 0 Å². The normalized spacial score (nSPS) is 24.5. The number of hydrogen-bond acceptors (Lipinski definition) is 2. The van der Waals surface area contributed by atoms with E-state index in [2.05, 4.69) is 12.8 Å². The number of hydrogen-bond donors (Lipinski definition) is 0. The zero-order valence-corrected chi connectivity index (χ0v) is 10.4. The molecule has 0 unspecified atom stereocenters. The molecule has 1 aliphatic rings. The van der Waals surface area contributed by atoms with Crippen molar-refractivity contribution in [2.24, 2.45) is 0 Å². The molecule has 0 aliphatic carbocycles. The highest BCUT2D eigenvalue weighted by Gasteiger charge is 2.24. The molecule has 0 aromatic carbocycles. The number of ether oxygens (including phenoxy) is 2. The summed E-state index contributed by atoms with van der Waals surface area (Å²) in [5, 5.41) is 0. The van der Waals surface area contributed by atoms with Crippen molar-refractivity contribution < 1.29 is 9.47 Å². The summed E-state index contributed by atoms with van der Waals surface area (Å²) in [5.41, 5.74) is 0. The minimum Gasteiger partial charge on any atom is -0.349 e. The molecular weight excluding hydrogens is 200 g/mol. The first-order valence-electron chi connectivity index (χ1n) is 6.57. The van der Waals surface area contributed by atoms with Crippen LogP contribution in [0.25, 0.3) is 0 Å². The molecule has 0 N–H and O–H groups in total. The third-order valence-electron chi connectivity index (χ3n) is 3.05. The fourth-order valence-corrected chi connectivity index (χ4v) is 2.12. The fraction of sp³-hybridized carbons (Fsp3) is 0.857. The summed E-state index contributed by atoms with van der Waals surface area (Å²) in [6.07, 6.45) is 15.5. The van der Waals surface area contributed by atoms with Gasteiger partial charge in [-0.05, 0) is 12.8 Å². The Bertz CT molecular complexity index is 207. The second-order valence-electron chi connectivity index (χ2n) is 4.48. The molecule has 2 nitrogen and oxygen atoms in total. The lowest BCUT2D eigenvalue weighted by Gasteiger charge is -2.12. The van der Waals surface area contributed by atoms with Crippen molar-refractivity contribution in [2.75, 3.05) is 6.61 Å². The maximum absolute atomic E-state index is 5.75. The van der Waals surface area contributed by atoms with E-state index in [1.165, 1.54) is 38.5 Å². The van der Waals surface area contributed by atoms with E-state index in [4.69, 9.17) is 15.9 Å². The molecular formula is C14H24O2. The van der Waals surface area contributed by atoms with Gasteiger partial charge in [-0.2, -0.15) is 0 Å². The Hall–Kier alpha value is -0.520. The first-order valence-corrected chi connectivity index (χ1v) is 6.57. The van der Waals surface area contributed by atoms with E-state index in [0.29, 0.717) is 12.7 Å². The Morgan fingerprint density at radius 1 is 1.25 bits per heavy atom. The quantitative estimate of drug-likeness (QED) is 0.464. The lowest BCUT2D eigenvalue weighted by molar-refractivity contribution is -0.125. The maximum atomic E-state index is 5.75. The first-order chi connectivity index (χ1) is 7.86. The lowest BCUT2D eigenvalue weighted by Crippen LogP contribution is -2.14. The van der Waals surface area contributed by atoms with Crippen molar-refractivity contribution in [1.29, 1.82) is 0 Å². The Balaban J connectivity index is 1.97. The van der Waals surface area contributed by atoms with Crippen molar-refractivity contribution in [2.45, 2.75) is 70.7 Å². The molecule has 0 aromatic heterocycles. The van der Waals surface area contributed by atoms with Crippen LogP contribution in [0.15, 0.2) is 0 Å². The fourth-order valence-electron chi connectivity index (χ4n) is 2.12. The van der Waals surface area contributed by atoms with Crippen LogP contribution in [0, 0.1) is 12.3 Å². The van der Waals surface area contributed by atoms with Gasteiger partial charge in [-0.25, -0.2) is 0 Å². The number of unbranched alkanes of at least 4 members (excludes halogenated alkanes) is 4. The van der Waals surface area contributed by atoms with Gasteiger partial charge in [0.2, 0.25) is 0 Å². The zero-order valence-electron chi connectivity index (χ0n) is 10.4. The van der Waals surface area contributed by atoms with Gasteiger partial charge in [0.1, 0.15) is 6.61 Å². The Morgan fingerprint density at radius 2 is 2.06 bits per heavy atom. The summed E-state index contributed by atoms with van der Waals surface area (Å²) in [6, 6.07) is 0. The molecule has 1 saturated heterocycles. The number of terminal acetylenes is 1. The second-order valence-corrected chi connectivity index (χ2v) is 4.48. The standard InChI is InChI=1S/C14H24O2/c1-3-5-6-7-8-9-13-10-11-14(16-13)15-12-4-2/h2,13-14H,3,5-12H2,1H3/t13-,14-/m1/s1. The zero-order chi connectivity index (χ0) is 11.6. The second kappa shape index (κ2) is 8.61. The predicted octanol–water partition coefficient (Wildman–Crippen LogP) is 3.50. The largest absolute Gasteiger partial charge is 0.349 e. The molecule has 1 fully saturated rings. The molecule has 0 bridgehead atoms. The van der Waals surface area contributed by atoms with Gasteiger partial charge in [0.05, 0.1) is 6.10 Å². The molecule has 1 heterocycles. The average molecular weight is 224 g/mol. The summed E-state index contributed by atoms with van der Waals surface area (Å²) < 4.78 is 11.1. The van der Waals surface area contributed by atoms with E-state index in [9.17, 15) is 0 Å². The Labute approximate surface area is 99.7 Å². The van der Waals surface area contributed by atoms with Gasteiger partial charge in [0.15, 0.2) is 6.29 Å². The van der Waals surface area contributed by atoms with Crippen molar-refractivity contribution in [1.82, 2.24) is 0 Å². The molecule has 2 atom stereocenters. The monoisotopic (exact) mass is 224 g/mol. The van der Waals surface area contributed by atoms with Gasteiger partial charge in [0.25, 0.3) is 0 Å². The summed E-state index contributed by atoms with van der Waals surface area (Å²) in [5.74, 6) is 2.47. The van der Waals surface area contributed by atoms with E-state index in [1.807, 2.05) is 0 Å². The van der Waals surface area contributed by atoms with Crippen LogP contribution >= 0.6 is 0 Å². The molecule has 1 rings (SSSR count). The van der Waals surface area contributed by atoms with Gasteiger partial charge in [-0.15, -0.1) is 6.42 Å². The van der Waals surface area contributed by atoms with Gasteiger partial charge in [0, 0.05) is 6.42 Å². The van der Waals surface area contributed by atoms with E-state index in [0.717, 1.165) is 12.8 Å². The van der Waals surface area contributed by atoms with Crippen LogP contribution in [0.5, 0.6) is 0 Å². The highest BCUT2D eigenvalue weighted by Crippen LogP contribution is 2.24. The summed E-state index contributed by atoms with van der Waals surface area (Å²) in [7, 11) is 0. The molecule has 0 amide bonds. The van der Waals surface area contributed by atoms with E-state index < -0.39 is 0 Å². The topological polar surface area (TPSA) is 18.5 Å². The van der Waals surface area contributed by atoms with Crippen LogP contribution in [0.1, 0.15) is 58.3 Å². The summed E-state index contributed by atoms with van der Waals surface area (Å²) >= 11 is 0. The first kappa shape index (κ1) is 13.5. The Morgan fingerprint density at radius 3 is 2.81 bits per heavy atom. The molecule has 2 heteroatoms. The minimum atomic E-state index is -0.0447. The SMILES string of the molecule is C#CCO[C@H]1CC[C@@H](CCCCCCC)O1. The molecule has 0 saturated carbocycles. The maximum Gasteiger partial charge on any atom is 0.159 e. The molecule has 1 aliphatic heterocycles. The van der Waals surface area contributed by atoms with Crippen LogP contribution in [0.2, 0.25) is 0 Å². The predicted molar refractivity (Wildman–Crippen MR) is 66.1 cm³/mol. The van der Waals surface area contributed by atoms with Gasteiger partial charge in [-0.3, -0.25) is 0 Å². The Kier molecular flexibility index (Phi) is 7.29. The average Bonchev–Trinajstić information content (AvgIpc) is 2.74. The highest BCUT2D eigenvalue weighted by atomic mass is 16.7. The van der Waals surface area contributed by atoms with E-state index in [-0.39, 0.29) is 6.29 Å². The highest BCUT2D eigenvalue weighted by molar-refractivity contribution is 4.83. The summed E-state index contributed by atoms with van der Waals surface area (Å²) in [4.78, 5) is 0. The number of rotatable bonds is 8. The van der Waals surface area contributed by atoms with Gasteiger partial charge in [-0.1, -0.05) is 44.9 Å². The minimum absolute atomic E-state index is 0.0447. The van der Waals surface area contributed by atoms with Gasteiger partial charge < -0.3 is 9.47 Å². The molecule has 16 heavy (non-hydrogen) atoms. The van der Waals surface area contributed by atoms with Crippen molar-refractivity contribution in [3.63, 3.8) is 0 Å². The summed E-state index contributed by atoms with van der Waals surface area (Å²) in [6.45, 7) is 2.61. The van der Waals surface area contributed by atoms with Crippen molar-refractivity contribution in [3.05, 3.63) is 0 Å². The third kappa shape index (κ3) is 5.53. The molecule has 0 spiro atoms. The van der Waals surface area contributed by atoms with Crippen molar-refractivity contribution in [3.8, 4) is 12.3 Å². The lowest BCUT2D eigenvalue weighted by atomic mass is 10.1. The van der Waals surface area contributed by atoms with Gasteiger partial charge >= 0.3 is 0 Å². The van der Waals surface area contributed by atoms with Crippen LogP contribution in [0.3, 0.4) is 0 Å². The molecule has 0 aromatic rings. The van der Waals surface area contributed by atoms with E-state index in [1.54, 1.807) is 0 Å². The van der Waals surface area contributed by atoms with Crippen LogP contribution in [-0.4, -0.2) is 19.0 Å². The van der Waals surface area contributed by atoms with E-state index >= 15 is 0 Å². The molecule has 0 radical (unpaired) electrons. The third-order valence-corrected chi connectivity index (χ3v) is 3.05. The van der Waals surface area contributed by atoms with Crippen molar-refractivity contribution >= 4 is 0 Å². The van der Waals surface area contributed by atoms with Crippen LogP contribution < -0.4 is 0 Å².